The summed E-state index contributed by atoms with van der Waals surface area (Å²) in [5, 5.41) is 7.09. The van der Waals surface area contributed by atoms with Crippen molar-refractivity contribution in [2.24, 2.45) is 0 Å². The number of hydrogen-bond acceptors (Lipinski definition) is 5. The molecule has 134 valence electrons. The second kappa shape index (κ2) is 7.20. The van der Waals surface area contributed by atoms with Gasteiger partial charge in [0.25, 0.3) is 5.91 Å². The minimum Gasteiger partial charge on any atom is -0.345 e. The number of imidazole rings is 1. The molecule has 3 heterocycles. The second-order valence-corrected chi connectivity index (χ2v) is 6.00. The lowest BCUT2D eigenvalue weighted by molar-refractivity contribution is 0.0939. The van der Waals surface area contributed by atoms with Crippen LogP contribution in [-0.4, -0.2) is 35.2 Å². The van der Waals surface area contributed by atoms with Crippen LogP contribution in [0.15, 0.2) is 74.0 Å². The maximum Gasteiger partial charge on any atom is 0.253 e. The number of nitrogens with zero attached hydrogens (tertiary/aromatic N) is 6. The molecular weight excluding hydrogens is 342 g/mol. The minimum atomic E-state index is -0.174. The zero-order valence-electron chi connectivity index (χ0n) is 14.6. The van der Waals surface area contributed by atoms with Gasteiger partial charge < -0.3 is 5.32 Å². The fourth-order valence-corrected chi connectivity index (χ4v) is 2.69. The average Bonchev–Trinajstić information content (AvgIpc) is 3.42. The molecular formula is C19H17N7O. The van der Waals surface area contributed by atoms with Gasteiger partial charge in [-0.2, -0.15) is 5.10 Å². The van der Waals surface area contributed by atoms with E-state index < -0.39 is 0 Å². The summed E-state index contributed by atoms with van der Waals surface area (Å²) in [6, 6.07) is 11.2. The van der Waals surface area contributed by atoms with Crippen LogP contribution in [0, 0.1) is 0 Å². The van der Waals surface area contributed by atoms with E-state index in [1.165, 1.54) is 6.33 Å². The smallest absolute Gasteiger partial charge is 0.253 e. The van der Waals surface area contributed by atoms with Gasteiger partial charge in [-0.05, 0) is 36.8 Å². The number of aromatic nitrogens is 6. The predicted molar refractivity (Wildman–Crippen MR) is 98.6 cm³/mol. The quantitative estimate of drug-likeness (QED) is 0.591. The first kappa shape index (κ1) is 16.6. The Morgan fingerprint density at radius 2 is 1.93 bits per heavy atom. The molecule has 0 aliphatic heterocycles. The van der Waals surface area contributed by atoms with E-state index in [9.17, 15) is 4.79 Å². The summed E-state index contributed by atoms with van der Waals surface area (Å²) in [6.07, 6.45) is 9.83. The summed E-state index contributed by atoms with van der Waals surface area (Å²) in [6.45, 7) is 1.94. The monoisotopic (exact) mass is 359 g/mol. The topological polar surface area (TPSA) is 90.5 Å². The van der Waals surface area contributed by atoms with Gasteiger partial charge >= 0.3 is 0 Å². The highest BCUT2D eigenvalue weighted by molar-refractivity contribution is 5.94. The standard InChI is InChI=1S/C19H17N7O/c1-14(15-2-5-17(6-3-15)26-13-21-11-23-26)24-19(27)16-4-7-18(22-10-16)25-9-8-20-12-25/h2-14H,1H3,(H,24,27). The van der Waals surface area contributed by atoms with E-state index in [-0.39, 0.29) is 11.9 Å². The molecule has 8 heteroatoms. The molecule has 1 atom stereocenters. The van der Waals surface area contributed by atoms with Crippen molar-refractivity contribution in [1.29, 1.82) is 0 Å². The van der Waals surface area contributed by atoms with Crippen LogP contribution >= 0.6 is 0 Å². The molecule has 1 N–H and O–H groups in total. The van der Waals surface area contributed by atoms with Crippen molar-refractivity contribution < 1.29 is 4.79 Å². The number of carbonyl (C=O) groups is 1. The van der Waals surface area contributed by atoms with E-state index in [0.29, 0.717) is 11.4 Å². The van der Waals surface area contributed by atoms with Crippen LogP contribution in [0.3, 0.4) is 0 Å². The fraction of sp³-hybridized carbons (Fsp3) is 0.105. The van der Waals surface area contributed by atoms with Crippen LogP contribution in [-0.2, 0) is 0 Å². The first-order chi connectivity index (χ1) is 13.2. The Kier molecular flexibility index (Phi) is 4.44. The molecule has 0 saturated heterocycles. The first-order valence-electron chi connectivity index (χ1n) is 8.41. The third-order valence-corrected chi connectivity index (χ3v) is 4.20. The molecule has 0 aliphatic rings. The summed E-state index contributed by atoms with van der Waals surface area (Å²) >= 11 is 0. The summed E-state index contributed by atoms with van der Waals surface area (Å²) in [4.78, 5) is 24.7. The van der Waals surface area contributed by atoms with Crippen molar-refractivity contribution in [3.63, 3.8) is 0 Å². The summed E-state index contributed by atoms with van der Waals surface area (Å²) in [5.74, 6) is 0.535. The number of amides is 1. The van der Waals surface area contributed by atoms with E-state index >= 15 is 0 Å². The largest absolute Gasteiger partial charge is 0.345 e. The SMILES string of the molecule is CC(NC(=O)c1ccc(-n2ccnc2)nc1)c1ccc(-n2cncn2)cc1. The second-order valence-electron chi connectivity index (χ2n) is 6.00. The molecule has 4 aromatic rings. The van der Waals surface area contributed by atoms with Gasteiger partial charge in [0.05, 0.1) is 17.3 Å². The Morgan fingerprint density at radius 1 is 1.07 bits per heavy atom. The summed E-state index contributed by atoms with van der Waals surface area (Å²) < 4.78 is 3.46. The van der Waals surface area contributed by atoms with Crippen molar-refractivity contribution in [1.82, 2.24) is 34.6 Å². The van der Waals surface area contributed by atoms with E-state index in [4.69, 9.17) is 0 Å². The van der Waals surface area contributed by atoms with Gasteiger partial charge in [0.15, 0.2) is 0 Å². The molecule has 8 nitrogen and oxygen atoms in total. The predicted octanol–water partition coefficient (Wildman–Crippen LogP) is 2.34. The maximum absolute atomic E-state index is 12.5. The van der Waals surface area contributed by atoms with Crippen LogP contribution in [0.2, 0.25) is 0 Å². The highest BCUT2D eigenvalue weighted by atomic mass is 16.1. The van der Waals surface area contributed by atoms with Crippen molar-refractivity contribution in [3.8, 4) is 11.5 Å². The van der Waals surface area contributed by atoms with Gasteiger partial charge in [-0.1, -0.05) is 12.1 Å². The van der Waals surface area contributed by atoms with Gasteiger partial charge in [-0.3, -0.25) is 9.36 Å². The van der Waals surface area contributed by atoms with Crippen molar-refractivity contribution in [3.05, 3.63) is 85.1 Å². The average molecular weight is 359 g/mol. The maximum atomic E-state index is 12.5. The molecule has 0 saturated carbocycles. The third kappa shape index (κ3) is 3.59. The van der Waals surface area contributed by atoms with E-state index in [2.05, 4.69) is 25.4 Å². The normalized spacial score (nSPS) is 11.9. The molecule has 4 rings (SSSR count). The molecule has 0 aliphatic carbocycles. The number of hydrogen-bond donors (Lipinski definition) is 1. The zero-order valence-corrected chi connectivity index (χ0v) is 14.6. The molecule has 0 radical (unpaired) electrons. The van der Waals surface area contributed by atoms with Crippen LogP contribution in [0.5, 0.6) is 0 Å². The van der Waals surface area contributed by atoms with Crippen LogP contribution in [0.4, 0.5) is 0 Å². The zero-order chi connectivity index (χ0) is 18.6. The number of rotatable bonds is 5. The van der Waals surface area contributed by atoms with Crippen LogP contribution < -0.4 is 5.32 Å². The third-order valence-electron chi connectivity index (χ3n) is 4.20. The molecule has 0 spiro atoms. The minimum absolute atomic E-state index is 0.143. The van der Waals surface area contributed by atoms with Crippen molar-refractivity contribution in [2.75, 3.05) is 0 Å². The Hall–Kier alpha value is -3.81. The van der Waals surface area contributed by atoms with E-state index in [1.54, 1.807) is 52.6 Å². The Morgan fingerprint density at radius 3 is 2.56 bits per heavy atom. The Bertz CT molecular complexity index is 1010. The lowest BCUT2D eigenvalue weighted by Crippen LogP contribution is -2.26. The molecule has 27 heavy (non-hydrogen) atoms. The van der Waals surface area contributed by atoms with Gasteiger partial charge in [0.2, 0.25) is 0 Å². The van der Waals surface area contributed by atoms with Gasteiger partial charge in [-0.15, -0.1) is 0 Å². The number of pyridine rings is 1. The summed E-state index contributed by atoms with van der Waals surface area (Å²) in [5.41, 5.74) is 2.41. The Balaban J connectivity index is 1.43. The van der Waals surface area contributed by atoms with Gasteiger partial charge in [-0.25, -0.2) is 19.6 Å². The lowest BCUT2D eigenvalue weighted by atomic mass is 10.1. The number of nitrogens with one attached hydrogen (secondary N) is 1. The number of benzene rings is 1. The van der Waals surface area contributed by atoms with E-state index in [0.717, 1.165) is 11.3 Å². The number of carbonyl (C=O) groups excluding carboxylic acids is 1. The Labute approximate surface area is 155 Å². The van der Waals surface area contributed by atoms with Crippen molar-refractivity contribution in [2.45, 2.75) is 13.0 Å². The summed E-state index contributed by atoms with van der Waals surface area (Å²) in [7, 11) is 0. The molecule has 1 amide bonds. The fourth-order valence-electron chi connectivity index (χ4n) is 2.69. The highest BCUT2D eigenvalue weighted by Crippen LogP contribution is 2.16. The molecule has 0 bridgehead atoms. The van der Waals surface area contributed by atoms with Crippen LogP contribution in [0.1, 0.15) is 28.9 Å². The highest BCUT2D eigenvalue weighted by Gasteiger charge is 2.12. The molecule has 0 fully saturated rings. The molecule has 1 unspecified atom stereocenters. The van der Waals surface area contributed by atoms with Crippen LogP contribution in [0.25, 0.3) is 11.5 Å². The van der Waals surface area contributed by atoms with E-state index in [1.807, 2.05) is 31.2 Å². The lowest BCUT2D eigenvalue weighted by Gasteiger charge is -2.15. The molecule has 1 aromatic carbocycles. The first-order valence-corrected chi connectivity index (χ1v) is 8.41. The van der Waals surface area contributed by atoms with Gasteiger partial charge in [0.1, 0.15) is 24.8 Å². The van der Waals surface area contributed by atoms with Crippen molar-refractivity contribution >= 4 is 5.91 Å². The van der Waals surface area contributed by atoms with Gasteiger partial charge in [0, 0.05) is 18.6 Å². The molecule has 3 aromatic heterocycles.